The van der Waals surface area contributed by atoms with Gasteiger partial charge in [-0.2, -0.15) is 0 Å². The number of hydrogen-bond donors (Lipinski definition) is 0. The van der Waals surface area contributed by atoms with Gasteiger partial charge in [0, 0.05) is 56.0 Å². The Morgan fingerprint density at radius 3 is 2.61 bits per heavy atom. The Kier molecular flexibility index (Phi) is 7.73. The van der Waals surface area contributed by atoms with Crippen LogP contribution in [0, 0.1) is 0 Å². The molecule has 0 bridgehead atoms. The lowest BCUT2D eigenvalue weighted by Gasteiger charge is -2.34. The molecule has 0 atom stereocenters. The van der Waals surface area contributed by atoms with Crippen molar-refractivity contribution >= 4 is 45.8 Å². The van der Waals surface area contributed by atoms with E-state index in [1.165, 1.54) is 0 Å². The van der Waals surface area contributed by atoms with Gasteiger partial charge in [0.05, 0.1) is 23.3 Å². The molecule has 1 saturated heterocycles. The number of amides is 1. The van der Waals surface area contributed by atoms with Gasteiger partial charge in [-0.15, -0.1) is 0 Å². The van der Waals surface area contributed by atoms with Crippen molar-refractivity contribution in [3.05, 3.63) is 52.2 Å². The Balaban J connectivity index is 1.62. The lowest BCUT2D eigenvalue weighted by atomic mass is 10.2. The molecular weight excluding hydrogens is 461 g/mol. The van der Waals surface area contributed by atoms with Gasteiger partial charge in [-0.3, -0.25) is 4.79 Å². The van der Waals surface area contributed by atoms with Crippen molar-refractivity contribution in [3.63, 3.8) is 0 Å². The van der Waals surface area contributed by atoms with Crippen LogP contribution in [-0.4, -0.2) is 64.9 Å². The summed E-state index contributed by atoms with van der Waals surface area (Å²) >= 11 is 12.8. The Hall–Kier alpha value is -2.35. The third kappa shape index (κ3) is 5.60. The number of benzene rings is 1. The molecular formula is C24H29Cl2N5O2. The van der Waals surface area contributed by atoms with E-state index in [1.807, 2.05) is 30.0 Å². The third-order valence-electron chi connectivity index (χ3n) is 6.06. The Morgan fingerprint density at radius 1 is 1.15 bits per heavy atom. The number of likely N-dealkylation sites (N-methyl/N-ethyl adjacent to an activating group) is 1. The van der Waals surface area contributed by atoms with Gasteiger partial charge in [-0.25, -0.2) is 9.97 Å². The van der Waals surface area contributed by atoms with Crippen LogP contribution in [-0.2, 0) is 17.8 Å². The van der Waals surface area contributed by atoms with Crippen LogP contribution < -0.4 is 4.90 Å². The highest BCUT2D eigenvalue weighted by atomic mass is 35.5. The molecule has 1 aromatic carbocycles. The zero-order valence-electron chi connectivity index (χ0n) is 19.1. The molecule has 1 amide bonds. The first-order chi connectivity index (χ1) is 16.0. The van der Waals surface area contributed by atoms with E-state index >= 15 is 0 Å². The molecule has 1 fully saturated rings. The van der Waals surface area contributed by atoms with Crippen molar-refractivity contribution in [2.45, 2.75) is 33.2 Å². The van der Waals surface area contributed by atoms with Crippen molar-refractivity contribution in [1.29, 1.82) is 0 Å². The first-order valence-electron chi connectivity index (χ1n) is 11.4. The van der Waals surface area contributed by atoms with Crippen LogP contribution in [0.1, 0.15) is 31.9 Å². The molecule has 0 spiro atoms. The van der Waals surface area contributed by atoms with Gasteiger partial charge in [0.1, 0.15) is 17.4 Å². The number of piperazine rings is 1. The van der Waals surface area contributed by atoms with Gasteiger partial charge < -0.3 is 19.1 Å². The fourth-order valence-electron chi connectivity index (χ4n) is 4.14. The first kappa shape index (κ1) is 23.8. The smallest absolute Gasteiger partial charge is 0.224 e. The molecule has 33 heavy (non-hydrogen) atoms. The monoisotopic (exact) mass is 489 g/mol. The molecule has 0 saturated carbocycles. The maximum Gasteiger partial charge on any atom is 0.224 e. The predicted octanol–water partition coefficient (Wildman–Crippen LogP) is 4.65. The normalized spacial score (nSPS) is 14.7. The van der Waals surface area contributed by atoms with Gasteiger partial charge in [0.2, 0.25) is 5.91 Å². The van der Waals surface area contributed by atoms with Crippen LogP contribution in [0.15, 0.2) is 34.9 Å². The highest BCUT2D eigenvalue weighted by Crippen LogP contribution is 2.33. The topological polar surface area (TPSA) is 65.7 Å². The zero-order chi connectivity index (χ0) is 23.4. The summed E-state index contributed by atoms with van der Waals surface area (Å²) in [5.41, 5.74) is 0.661. The zero-order valence-corrected chi connectivity index (χ0v) is 20.6. The molecule has 3 aromatic rings. The summed E-state index contributed by atoms with van der Waals surface area (Å²) in [6.45, 7) is 9.53. The number of rotatable bonds is 8. The molecule has 9 heteroatoms. The van der Waals surface area contributed by atoms with E-state index in [0.717, 1.165) is 43.9 Å². The van der Waals surface area contributed by atoms with Crippen LogP contribution in [0.5, 0.6) is 0 Å². The van der Waals surface area contributed by atoms with Crippen LogP contribution >= 0.6 is 23.2 Å². The van der Waals surface area contributed by atoms with Gasteiger partial charge >= 0.3 is 0 Å². The number of halogens is 2. The van der Waals surface area contributed by atoms with E-state index < -0.39 is 0 Å². The number of furan rings is 1. The molecule has 4 rings (SSSR count). The summed E-state index contributed by atoms with van der Waals surface area (Å²) in [5.74, 6) is 2.34. The molecule has 0 N–H and O–H groups in total. The van der Waals surface area contributed by atoms with Gasteiger partial charge in [-0.05, 0) is 30.8 Å². The minimum atomic E-state index is 0.153. The van der Waals surface area contributed by atoms with Gasteiger partial charge in [-0.1, -0.05) is 37.0 Å². The van der Waals surface area contributed by atoms with Crippen LogP contribution in [0.3, 0.4) is 0 Å². The number of hydrogen-bond acceptors (Lipinski definition) is 6. The highest BCUT2D eigenvalue weighted by molar-refractivity contribution is 6.38. The maximum atomic E-state index is 13.0. The number of nitrogens with zero attached hydrogens (tertiary/aromatic N) is 5. The van der Waals surface area contributed by atoms with E-state index in [4.69, 9.17) is 32.6 Å². The second-order valence-corrected chi connectivity index (χ2v) is 9.01. The third-order valence-corrected chi connectivity index (χ3v) is 6.56. The number of anilines is 1. The predicted molar refractivity (Wildman–Crippen MR) is 132 cm³/mol. The summed E-state index contributed by atoms with van der Waals surface area (Å²) in [5, 5.41) is 1.77. The lowest BCUT2D eigenvalue weighted by Crippen LogP contribution is -2.49. The summed E-state index contributed by atoms with van der Waals surface area (Å²) < 4.78 is 5.61. The van der Waals surface area contributed by atoms with Gasteiger partial charge in [0.25, 0.3) is 0 Å². The van der Waals surface area contributed by atoms with Crippen molar-refractivity contribution < 1.29 is 9.21 Å². The van der Waals surface area contributed by atoms with Crippen molar-refractivity contribution in [3.8, 4) is 0 Å². The number of aromatic nitrogens is 2. The molecule has 176 valence electrons. The molecule has 3 heterocycles. The first-order valence-corrected chi connectivity index (χ1v) is 12.2. The van der Waals surface area contributed by atoms with E-state index in [1.54, 1.807) is 12.3 Å². The second-order valence-electron chi connectivity index (χ2n) is 8.17. The van der Waals surface area contributed by atoms with Crippen molar-refractivity contribution in [1.82, 2.24) is 19.8 Å². The minimum Gasteiger partial charge on any atom is -0.467 e. The van der Waals surface area contributed by atoms with Crippen LogP contribution in [0.25, 0.3) is 10.9 Å². The summed E-state index contributed by atoms with van der Waals surface area (Å²) in [7, 11) is 0. The molecule has 0 aliphatic carbocycles. The fraction of sp³-hybridized carbons (Fsp3) is 0.458. The number of aryl methyl sites for hydroxylation is 1. The second kappa shape index (κ2) is 10.7. The summed E-state index contributed by atoms with van der Waals surface area (Å²) in [6, 6.07) is 7.30. The average molecular weight is 490 g/mol. The molecule has 0 unspecified atom stereocenters. The SMILES string of the molecule is CCc1nc(N(CCC(=O)N2CCN(CC)CC2)Cc2ccco2)c2cc(Cl)cc(Cl)c2n1. The largest absolute Gasteiger partial charge is 0.467 e. The van der Waals surface area contributed by atoms with Crippen LogP contribution in [0.2, 0.25) is 10.0 Å². The van der Waals surface area contributed by atoms with Gasteiger partial charge in [0.15, 0.2) is 0 Å². The number of carbonyl (C=O) groups excluding carboxylic acids is 1. The quantitative estimate of drug-likeness (QED) is 0.458. The van der Waals surface area contributed by atoms with E-state index in [2.05, 4.69) is 21.7 Å². The van der Waals surface area contributed by atoms with Crippen LogP contribution in [0.4, 0.5) is 5.82 Å². The number of fused-ring (bicyclic) bond motifs is 1. The number of carbonyl (C=O) groups is 1. The van der Waals surface area contributed by atoms with E-state index in [9.17, 15) is 4.79 Å². The van der Waals surface area contributed by atoms with Crippen molar-refractivity contribution in [2.75, 3.05) is 44.2 Å². The van der Waals surface area contributed by atoms with E-state index in [0.29, 0.717) is 53.1 Å². The summed E-state index contributed by atoms with van der Waals surface area (Å²) in [4.78, 5) is 28.8. The Bertz CT molecular complexity index is 1100. The fourth-order valence-corrected chi connectivity index (χ4v) is 4.67. The molecule has 2 aromatic heterocycles. The average Bonchev–Trinajstić information content (AvgIpc) is 3.34. The lowest BCUT2D eigenvalue weighted by molar-refractivity contribution is -0.132. The molecule has 1 aliphatic heterocycles. The Labute approximate surface area is 204 Å². The molecule has 7 nitrogen and oxygen atoms in total. The summed E-state index contributed by atoms with van der Waals surface area (Å²) in [6.07, 6.45) is 2.69. The standard InChI is InChI=1S/C24H29Cl2N5O2/c1-3-21-27-23-19(14-17(25)15-20(23)26)24(28-21)31(16-18-6-5-13-33-18)8-7-22(32)30-11-9-29(4-2)10-12-30/h5-6,13-15H,3-4,7-12,16H2,1-2H3. The van der Waals surface area contributed by atoms with E-state index in [-0.39, 0.29) is 5.91 Å². The highest BCUT2D eigenvalue weighted by Gasteiger charge is 2.23. The maximum absolute atomic E-state index is 13.0. The molecule has 1 aliphatic rings. The molecule has 0 radical (unpaired) electrons. The van der Waals surface area contributed by atoms with Crippen molar-refractivity contribution in [2.24, 2.45) is 0 Å². The minimum absolute atomic E-state index is 0.153. The Morgan fingerprint density at radius 2 is 1.94 bits per heavy atom.